The van der Waals surface area contributed by atoms with E-state index in [0.717, 1.165) is 17.7 Å². The Kier molecular flexibility index (Phi) is 6.28. The predicted octanol–water partition coefficient (Wildman–Crippen LogP) is 1.46. The SMILES string of the molecule is CCCC1(CCC)NC(=O)N(CC(=O)N(C)CC2=NC(=O)C3C=CC=CC3=N2)C1=O. The van der Waals surface area contributed by atoms with Crippen LogP contribution in [0.15, 0.2) is 34.3 Å². The zero-order chi connectivity index (χ0) is 21.9. The van der Waals surface area contributed by atoms with Gasteiger partial charge >= 0.3 is 6.03 Å². The van der Waals surface area contributed by atoms with E-state index in [1.807, 2.05) is 13.8 Å². The van der Waals surface area contributed by atoms with E-state index in [9.17, 15) is 19.2 Å². The first kappa shape index (κ1) is 21.6. The van der Waals surface area contributed by atoms with Crippen LogP contribution in [0.3, 0.4) is 0 Å². The molecule has 30 heavy (non-hydrogen) atoms. The number of urea groups is 1. The predicted molar refractivity (Wildman–Crippen MR) is 112 cm³/mol. The third kappa shape index (κ3) is 4.10. The number of carbonyl (C=O) groups is 4. The van der Waals surface area contributed by atoms with Crippen LogP contribution in [0.1, 0.15) is 39.5 Å². The van der Waals surface area contributed by atoms with Gasteiger partial charge in [-0.25, -0.2) is 9.79 Å². The van der Waals surface area contributed by atoms with Gasteiger partial charge in [-0.1, -0.05) is 44.9 Å². The summed E-state index contributed by atoms with van der Waals surface area (Å²) in [7, 11) is 1.53. The fourth-order valence-electron chi connectivity index (χ4n) is 3.98. The number of nitrogens with zero attached hydrogens (tertiary/aromatic N) is 4. The number of hydrogen-bond acceptors (Lipinski definition) is 5. The third-order valence-electron chi connectivity index (χ3n) is 5.46. The molecule has 0 aromatic rings. The summed E-state index contributed by atoms with van der Waals surface area (Å²) in [6, 6.07) is -0.545. The Bertz CT molecular complexity index is 880. The smallest absolute Gasteiger partial charge is 0.325 e. The minimum atomic E-state index is -0.929. The number of nitrogens with one attached hydrogen (secondary N) is 1. The molecular weight excluding hydrogens is 386 g/mol. The Labute approximate surface area is 175 Å². The van der Waals surface area contributed by atoms with Gasteiger partial charge in [0.15, 0.2) is 5.84 Å². The molecule has 1 aliphatic carbocycles. The van der Waals surface area contributed by atoms with Crippen LogP contribution in [-0.4, -0.2) is 70.8 Å². The summed E-state index contributed by atoms with van der Waals surface area (Å²) in [6.07, 6.45) is 9.58. The normalized spacial score (nSPS) is 21.9. The molecule has 0 aromatic heterocycles. The van der Waals surface area contributed by atoms with E-state index in [-0.39, 0.29) is 30.7 Å². The van der Waals surface area contributed by atoms with Gasteiger partial charge < -0.3 is 10.2 Å². The number of imide groups is 1. The van der Waals surface area contributed by atoms with Crippen LogP contribution in [-0.2, 0) is 14.4 Å². The highest BCUT2D eigenvalue weighted by molar-refractivity contribution is 6.21. The number of amidine groups is 1. The summed E-state index contributed by atoms with van der Waals surface area (Å²) >= 11 is 0. The molecule has 0 aromatic carbocycles. The molecular formula is C21H27N5O4. The number of rotatable bonds is 8. The van der Waals surface area contributed by atoms with Crippen molar-refractivity contribution in [3.8, 4) is 0 Å². The first-order valence-corrected chi connectivity index (χ1v) is 10.2. The molecule has 1 unspecified atom stereocenters. The van der Waals surface area contributed by atoms with E-state index < -0.39 is 23.4 Å². The van der Waals surface area contributed by atoms with Gasteiger partial charge in [-0.3, -0.25) is 19.3 Å². The molecule has 5 amide bonds. The van der Waals surface area contributed by atoms with Gasteiger partial charge in [0.25, 0.3) is 11.8 Å². The molecule has 9 nitrogen and oxygen atoms in total. The first-order chi connectivity index (χ1) is 14.3. The largest absolute Gasteiger partial charge is 0.337 e. The minimum Gasteiger partial charge on any atom is -0.337 e. The number of fused-ring (bicyclic) bond motifs is 1. The van der Waals surface area contributed by atoms with Crippen molar-refractivity contribution in [1.82, 2.24) is 15.1 Å². The van der Waals surface area contributed by atoms with E-state index in [4.69, 9.17) is 0 Å². The maximum absolute atomic E-state index is 12.9. The van der Waals surface area contributed by atoms with Crippen molar-refractivity contribution in [2.75, 3.05) is 20.1 Å². The average molecular weight is 413 g/mol. The topological polar surface area (TPSA) is 112 Å². The lowest BCUT2D eigenvalue weighted by Crippen LogP contribution is -2.48. The molecule has 1 N–H and O–H groups in total. The lowest BCUT2D eigenvalue weighted by molar-refractivity contribution is -0.138. The van der Waals surface area contributed by atoms with Crippen LogP contribution in [0.4, 0.5) is 4.79 Å². The van der Waals surface area contributed by atoms with Crippen LogP contribution >= 0.6 is 0 Å². The number of aliphatic imine (C=N–C) groups is 2. The fraction of sp³-hybridized carbons (Fsp3) is 0.524. The molecule has 0 spiro atoms. The second-order valence-corrected chi connectivity index (χ2v) is 7.78. The van der Waals surface area contributed by atoms with Gasteiger partial charge in [-0.2, -0.15) is 4.99 Å². The van der Waals surface area contributed by atoms with Crippen molar-refractivity contribution >= 4 is 35.3 Å². The number of allylic oxidation sites excluding steroid dienone is 3. The van der Waals surface area contributed by atoms with Gasteiger partial charge in [0.2, 0.25) is 5.91 Å². The molecule has 1 atom stereocenters. The standard InChI is InChI=1S/C21H27N5O4/c1-4-10-21(11-5-2)19(29)26(20(30)24-21)13-17(27)25(3)12-16-22-15-9-7-6-8-14(15)18(28)23-16/h6-9,14H,4-5,10-13H2,1-3H3,(H,24,30). The van der Waals surface area contributed by atoms with Crippen LogP contribution in [0.5, 0.6) is 0 Å². The summed E-state index contributed by atoms with van der Waals surface area (Å²) in [5.41, 5.74) is -0.340. The van der Waals surface area contributed by atoms with Gasteiger partial charge in [0.1, 0.15) is 18.0 Å². The van der Waals surface area contributed by atoms with Crippen LogP contribution < -0.4 is 5.32 Å². The molecule has 1 saturated heterocycles. The molecule has 160 valence electrons. The molecule has 9 heteroatoms. The van der Waals surface area contributed by atoms with Crippen molar-refractivity contribution in [2.24, 2.45) is 15.9 Å². The minimum absolute atomic E-state index is 0.0110. The number of amides is 5. The zero-order valence-electron chi connectivity index (χ0n) is 17.6. The summed E-state index contributed by atoms with van der Waals surface area (Å²) in [5.74, 6) is -1.36. The van der Waals surface area contributed by atoms with Gasteiger partial charge in [0.05, 0.1) is 12.3 Å². The molecule has 3 rings (SSSR count). The zero-order valence-corrected chi connectivity index (χ0v) is 17.6. The van der Waals surface area contributed by atoms with Crippen LogP contribution in [0, 0.1) is 5.92 Å². The molecule has 2 aliphatic heterocycles. The average Bonchev–Trinajstić information content (AvgIpc) is 2.92. The van der Waals surface area contributed by atoms with Gasteiger partial charge in [-0.05, 0) is 18.9 Å². The molecule has 0 saturated carbocycles. The van der Waals surface area contributed by atoms with E-state index in [0.29, 0.717) is 18.6 Å². The van der Waals surface area contributed by atoms with Gasteiger partial charge in [-0.15, -0.1) is 0 Å². The highest BCUT2D eigenvalue weighted by Crippen LogP contribution is 2.28. The van der Waals surface area contributed by atoms with Crippen molar-refractivity contribution in [3.05, 3.63) is 24.3 Å². The molecule has 2 heterocycles. The lowest BCUT2D eigenvalue weighted by Gasteiger charge is -2.26. The summed E-state index contributed by atoms with van der Waals surface area (Å²) < 4.78 is 0. The lowest BCUT2D eigenvalue weighted by atomic mass is 9.88. The summed E-state index contributed by atoms with van der Waals surface area (Å²) in [4.78, 5) is 60.9. The second-order valence-electron chi connectivity index (χ2n) is 7.78. The maximum Gasteiger partial charge on any atom is 0.325 e. The molecule has 0 radical (unpaired) electrons. The van der Waals surface area contributed by atoms with Crippen molar-refractivity contribution < 1.29 is 19.2 Å². The van der Waals surface area contributed by atoms with Gasteiger partial charge in [0, 0.05) is 7.05 Å². The Morgan fingerprint density at radius 3 is 2.53 bits per heavy atom. The maximum atomic E-state index is 12.9. The van der Waals surface area contributed by atoms with E-state index in [2.05, 4.69) is 15.3 Å². The Morgan fingerprint density at radius 1 is 1.17 bits per heavy atom. The Hall–Kier alpha value is -3.10. The van der Waals surface area contributed by atoms with Crippen molar-refractivity contribution in [3.63, 3.8) is 0 Å². The van der Waals surface area contributed by atoms with Crippen LogP contribution in [0.2, 0.25) is 0 Å². The molecule has 1 fully saturated rings. The summed E-state index contributed by atoms with van der Waals surface area (Å²) in [5, 5.41) is 2.79. The summed E-state index contributed by atoms with van der Waals surface area (Å²) in [6.45, 7) is 3.55. The van der Waals surface area contributed by atoms with Crippen LogP contribution in [0.25, 0.3) is 0 Å². The fourth-order valence-corrected chi connectivity index (χ4v) is 3.98. The number of carbonyl (C=O) groups excluding carboxylic acids is 4. The van der Waals surface area contributed by atoms with Crippen molar-refractivity contribution in [1.29, 1.82) is 0 Å². The monoisotopic (exact) mass is 413 g/mol. The Morgan fingerprint density at radius 2 is 1.87 bits per heavy atom. The first-order valence-electron chi connectivity index (χ1n) is 10.2. The Balaban J connectivity index is 1.66. The van der Waals surface area contributed by atoms with Crippen molar-refractivity contribution in [2.45, 2.75) is 45.1 Å². The number of likely N-dealkylation sites (N-methyl/N-ethyl adjacent to an activating group) is 1. The third-order valence-corrected chi connectivity index (χ3v) is 5.46. The van der Waals surface area contributed by atoms with E-state index in [1.54, 1.807) is 24.3 Å². The highest BCUT2D eigenvalue weighted by atomic mass is 16.2. The number of hydrogen-bond donors (Lipinski definition) is 1. The molecule has 0 bridgehead atoms. The quantitative estimate of drug-likeness (QED) is 0.607. The molecule has 3 aliphatic rings. The highest BCUT2D eigenvalue weighted by Gasteiger charge is 2.50. The second kappa shape index (κ2) is 8.73. The van der Waals surface area contributed by atoms with E-state index in [1.165, 1.54) is 11.9 Å². The van der Waals surface area contributed by atoms with E-state index >= 15 is 0 Å².